The molecule has 0 radical (unpaired) electrons. The summed E-state index contributed by atoms with van der Waals surface area (Å²) in [5.74, 6) is 0. The molecule has 46 valence electrons. The van der Waals surface area contributed by atoms with Gasteiger partial charge in [0, 0.05) is 6.20 Å². The van der Waals surface area contributed by atoms with Crippen LogP contribution >= 0.6 is 0 Å². The molecule has 0 aromatic rings. The van der Waals surface area contributed by atoms with E-state index in [9.17, 15) is 4.91 Å². The lowest BCUT2D eigenvalue weighted by Crippen LogP contribution is -2.10. The first-order chi connectivity index (χ1) is 4.43. The predicted molar refractivity (Wildman–Crippen MR) is 34.6 cm³/mol. The second-order valence-corrected chi connectivity index (χ2v) is 1.43. The van der Waals surface area contributed by atoms with Crippen LogP contribution in [0.4, 0.5) is 0 Å². The Labute approximate surface area is 52.0 Å². The van der Waals surface area contributed by atoms with E-state index in [0.717, 1.165) is 0 Å². The van der Waals surface area contributed by atoms with Crippen molar-refractivity contribution in [3.8, 4) is 0 Å². The quantitative estimate of drug-likeness (QED) is 0.523. The molecule has 0 aromatic carbocycles. The van der Waals surface area contributed by atoms with Crippen LogP contribution in [0, 0.1) is 4.91 Å². The fourth-order valence-corrected chi connectivity index (χ4v) is 0.463. The zero-order valence-corrected chi connectivity index (χ0v) is 4.61. The van der Waals surface area contributed by atoms with E-state index < -0.39 is 0 Å². The summed E-state index contributed by atoms with van der Waals surface area (Å²) in [6, 6.07) is 0. The van der Waals surface area contributed by atoms with Gasteiger partial charge in [0.05, 0.1) is 18.2 Å². The Bertz CT molecular complexity index is 192. The van der Waals surface area contributed by atoms with E-state index in [1.54, 1.807) is 12.3 Å². The molecule has 0 fully saturated rings. The van der Waals surface area contributed by atoms with E-state index in [1.165, 1.54) is 12.5 Å². The van der Waals surface area contributed by atoms with Gasteiger partial charge in [-0.15, -0.1) is 4.91 Å². The molecule has 1 aliphatic rings. The van der Waals surface area contributed by atoms with Crippen LogP contribution in [-0.2, 0) is 0 Å². The van der Waals surface area contributed by atoms with Gasteiger partial charge in [-0.2, -0.15) is 0 Å². The van der Waals surface area contributed by atoms with E-state index in [2.05, 4.69) is 15.5 Å². The molecular formula is C5H5N3O. The van der Waals surface area contributed by atoms with Gasteiger partial charge >= 0.3 is 0 Å². The van der Waals surface area contributed by atoms with E-state index in [1.807, 2.05) is 0 Å². The van der Waals surface area contributed by atoms with Gasteiger partial charge in [-0.1, -0.05) is 0 Å². The van der Waals surface area contributed by atoms with Gasteiger partial charge in [0.25, 0.3) is 0 Å². The molecule has 0 aliphatic carbocycles. The molecule has 0 bridgehead atoms. The van der Waals surface area contributed by atoms with Crippen molar-refractivity contribution in [2.45, 2.75) is 0 Å². The standard InChI is InChI=1S/C5H5N3O/c9-8-3-5-1-2-6-4-7-5/h1-4H,(H,6,7)/b5-3-. The van der Waals surface area contributed by atoms with Crippen molar-refractivity contribution in [3.63, 3.8) is 0 Å². The smallest absolute Gasteiger partial charge is 0.0950 e. The summed E-state index contributed by atoms with van der Waals surface area (Å²) in [4.78, 5) is 13.3. The second kappa shape index (κ2) is 2.76. The zero-order chi connectivity index (χ0) is 6.53. The van der Waals surface area contributed by atoms with Gasteiger partial charge in [0.15, 0.2) is 0 Å². The Morgan fingerprint density at radius 3 is 3.22 bits per heavy atom. The number of aliphatic imine (C=N–C) groups is 1. The average molecular weight is 123 g/mol. The highest BCUT2D eigenvalue weighted by molar-refractivity contribution is 5.61. The molecule has 1 heterocycles. The number of nitroso groups, excluding NO2 is 1. The van der Waals surface area contributed by atoms with Crippen LogP contribution in [0.3, 0.4) is 0 Å². The van der Waals surface area contributed by atoms with Crippen molar-refractivity contribution in [3.05, 3.63) is 29.1 Å². The van der Waals surface area contributed by atoms with Gasteiger partial charge in [-0.25, -0.2) is 4.99 Å². The van der Waals surface area contributed by atoms with Crippen LogP contribution in [0.25, 0.3) is 0 Å². The maximum Gasteiger partial charge on any atom is 0.0950 e. The molecule has 0 saturated carbocycles. The number of hydrogen-bond donors (Lipinski definition) is 1. The molecular weight excluding hydrogens is 118 g/mol. The molecule has 0 atom stereocenters. The Morgan fingerprint density at radius 1 is 1.78 bits per heavy atom. The van der Waals surface area contributed by atoms with Crippen LogP contribution in [0.1, 0.15) is 0 Å². The Kier molecular flexibility index (Phi) is 1.74. The highest BCUT2D eigenvalue weighted by Gasteiger charge is 1.89. The van der Waals surface area contributed by atoms with E-state index in [0.29, 0.717) is 5.70 Å². The Balaban J connectivity index is 2.65. The molecule has 0 unspecified atom stereocenters. The molecule has 1 N–H and O–H groups in total. The molecule has 9 heavy (non-hydrogen) atoms. The summed E-state index contributed by atoms with van der Waals surface area (Å²) < 4.78 is 0. The SMILES string of the molecule is O=N/C=C1/C=CN=CN1. The highest BCUT2D eigenvalue weighted by atomic mass is 16.2. The summed E-state index contributed by atoms with van der Waals surface area (Å²) in [7, 11) is 0. The highest BCUT2D eigenvalue weighted by Crippen LogP contribution is 1.94. The van der Waals surface area contributed by atoms with Crippen LogP contribution in [0.2, 0.25) is 0 Å². The minimum atomic E-state index is 0.653. The topological polar surface area (TPSA) is 53.8 Å². The predicted octanol–water partition coefficient (Wildman–Crippen LogP) is 0.739. The van der Waals surface area contributed by atoms with E-state index in [-0.39, 0.29) is 0 Å². The van der Waals surface area contributed by atoms with Crippen molar-refractivity contribution >= 4 is 6.34 Å². The molecule has 0 saturated heterocycles. The van der Waals surface area contributed by atoms with Crippen LogP contribution in [0.15, 0.2) is 34.3 Å². The lowest BCUT2D eigenvalue weighted by atomic mass is 10.4. The fraction of sp³-hybridized carbons (Fsp3) is 0. The normalized spacial score (nSPS) is 19.8. The van der Waals surface area contributed by atoms with E-state index >= 15 is 0 Å². The Morgan fingerprint density at radius 2 is 2.67 bits per heavy atom. The number of nitrogens with zero attached hydrogens (tertiary/aromatic N) is 2. The van der Waals surface area contributed by atoms with Gasteiger partial charge in [-0.3, -0.25) is 0 Å². The van der Waals surface area contributed by atoms with Gasteiger partial charge < -0.3 is 5.32 Å². The van der Waals surface area contributed by atoms with Crippen molar-refractivity contribution in [1.29, 1.82) is 0 Å². The third kappa shape index (κ3) is 1.49. The summed E-state index contributed by atoms with van der Waals surface area (Å²) in [5.41, 5.74) is 0.653. The van der Waals surface area contributed by atoms with Crippen molar-refractivity contribution < 1.29 is 0 Å². The fourth-order valence-electron chi connectivity index (χ4n) is 0.463. The number of hydrogen-bond acceptors (Lipinski definition) is 4. The largest absolute Gasteiger partial charge is 0.345 e. The van der Waals surface area contributed by atoms with E-state index in [4.69, 9.17) is 0 Å². The summed E-state index contributed by atoms with van der Waals surface area (Å²) >= 11 is 0. The van der Waals surface area contributed by atoms with Crippen molar-refractivity contribution in [2.75, 3.05) is 0 Å². The zero-order valence-electron chi connectivity index (χ0n) is 4.61. The molecule has 0 amide bonds. The lowest BCUT2D eigenvalue weighted by molar-refractivity contribution is 1.15. The van der Waals surface area contributed by atoms with Gasteiger partial charge in [0.1, 0.15) is 0 Å². The van der Waals surface area contributed by atoms with Crippen LogP contribution in [0.5, 0.6) is 0 Å². The maximum atomic E-state index is 9.63. The molecule has 1 aliphatic heterocycles. The molecule has 4 nitrogen and oxygen atoms in total. The first-order valence-corrected chi connectivity index (χ1v) is 2.41. The Hall–Kier alpha value is -1.45. The minimum absolute atomic E-state index is 0.653. The number of allylic oxidation sites excluding steroid dienone is 1. The summed E-state index contributed by atoms with van der Waals surface area (Å²) in [5, 5.41) is 5.28. The van der Waals surface area contributed by atoms with Crippen LogP contribution < -0.4 is 5.32 Å². The van der Waals surface area contributed by atoms with Gasteiger partial charge in [-0.05, 0) is 11.3 Å². The average Bonchev–Trinajstić information content (AvgIpc) is 1.91. The van der Waals surface area contributed by atoms with Crippen molar-refractivity contribution in [2.24, 2.45) is 10.2 Å². The molecule has 4 heteroatoms. The molecule has 1 rings (SSSR count). The number of nitrogens with one attached hydrogen (secondary N) is 1. The minimum Gasteiger partial charge on any atom is -0.345 e. The third-order valence-electron chi connectivity index (χ3n) is 0.838. The van der Waals surface area contributed by atoms with Gasteiger partial charge in [0.2, 0.25) is 0 Å². The first kappa shape index (κ1) is 5.68. The summed E-state index contributed by atoms with van der Waals surface area (Å²) in [6.07, 6.45) is 5.90. The third-order valence-corrected chi connectivity index (χ3v) is 0.838. The maximum absolute atomic E-state index is 9.63. The monoisotopic (exact) mass is 123 g/mol. The number of rotatable bonds is 1. The summed E-state index contributed by atoms with van der Waals surface area (Å²) in [6.45, 7) is 0. The second-order valence-electron chi connectivity index (χ2n) is 1.43. The van der Waals surface area contributed by atoms with Crippen molar-refractivity contribution in [1.82, 2.24) is 5.32 Å². The molecule has 0 spiro atoms. The van der Waals surface area contributed by atoms with Crippen LogP contribution in [-0.4, -0.2) is 6.34 Å². The first-order valence-electron chi connectivity index (χ1n) is 2.41. The molecule has 0 aromatic heterocycles. The lowest BCUT2D eigenvalue weighted by Gasteiger charge is -1.99.